The lowest BCUT2D eigenvalue weighted by molar-refractivity contribution is 0.249. The van der Waals surface area contributed by atoms with Crippen molar-refractivity contribution in [2.24, 2.45) is 0 Å². The van der Waals surface area contributed by atoms with Gasteiger partial charge in [-0.25, -0.2) is 0 Å². The number of likely N-dealkylation sites (tertiary alicyclic amines) is 1. The first kappa shape index (κ1) is 15.0. The second-order valence-corrected chi connectivity index (χ2v) is 6.30. The van der Waals surface area contributed by atoms with Gasteiger partial charge in [-0.1, -0.05) is 24.3 Å². The van der Waals surface area contributed by atoms with Crippen LogP contribution in [0.1, 0.15) is 12.8 Å². The molecule has 24 heavy (non-hydrogen) atoms. The first-order chi connectivity index (χ1) is 11.8. The minimum absolute atomic E-state index is 0.191. The molecule has 2 aliphatic heterocycles. The third-order valence-electron chi connectivity index (χ3n) is 4.69. The molecule has 124 valence electrons. The van der Waals surface area contributed by atoms with Gasteiger partial charge in [0.2, 0.25) is 0 Å². The SMILES string of the molecule is CN1CCCC1C1=CN(c2ccn[nH]2)C(Oc2ccccc2)C=C1. The van der Waals surface area contributed by atoms with Gasteiger partial charge in [0.15, 0.2) is 6.23 Å². The minimum atomic E-state index is -0.191. The number of rotatable bonds is 4. The molecule has 0 aliphatic carbocycles. The van der Waals surface area contributed by atoms with Gasteiger partial charge in [0, 0.05) is 18.3 Å². The molecule has 1 N–H and O–H groups in total. The molecule has 2 unspecified atom stereocenters. The number of benzene rings is 1. The Morgan fingerprint density at radius 1 is 1.21 bits per heavy atom. The molecule has 5 heteroatoms. The highest BCUT2D eigenvalue weighted by Gasteiger charge is 2.28. The van der Waals surface area contributed by atoms with Gasteiger partial charge in [-0.2, -0.15) is 5.10 Å². The molecule has 0 amide bonds. The van der Waals surface area contributed by atoms with Crippen molar-refractivity contribution in [2.75, 3.05) is 18.5 Å². The van der Waals surface area contributed by atoms with Gasteiger partial charge in [-0.3, -0.25) is 14.9 Å². The predicted octanol–water partition coefficient (Wildman–Crippen LogP) is 3.17. The van der Waals surface area contributed by atoms with Gasteiger partial charge in [0.1, 0.15) is 11.6 Å². The Balaban J connectivity index is 1.61. The number of aromatic nitrogens is 2. The summed E-state index contributed by atoms with van der Waals surface area (Å²) in [7, 11) is 2.19. The summed E-state index contributed by atoms with van der Waals surface area (Å²) >= 11 is 0. The van der Waals surface area contributed by atoms with Crippen LogP contribution in [-0.2, 0) is 0 Å². The molecule has 0 bridgehead atoms. The number of H-pyrrole nitrogens is 1. The van der Waals surface area contributed by atoms with Crippen LogP contribution >= 0.6 is 0 Å². The van der Waals surface area contributed by atoms with E-state index in [0.29, 0.717) is 6.04 Å². The van der Waals surface area contributed by atoms with Crippen molar-refractivity contribution in [1.82, 2.24) is 15.1 Å². The van der Waals surface area contributed by atoms with Gasteiger partial charge in [0.05, 0.1) is 6.20 Å². The summed E-state index contributed by atoms with van der Waals surface area (Å²) in [5.74, 6) is 1.78. The topological polar surface area (TPSA) is 44.4 Å². The highest BCUT2D eigenvalue weighted by atomic mass is 16.5. The molecule has 2 atom stereocenters. The molecule has 0 spiro atoms. The first-order valence-corrected chi connectivity index (χ1v) is 8.41. The Bertz CT molecular complexity index is 723. The van der Waals surface area contributed by atoms with Crippen molar-refractivity contribution in [3.8, 4) is 5.75 Å². The smallest absolute Gasteiger partial charge is 0.197 e. The number of hydrogen-bond donors (Lipinski definition) is 1. The van der Waals surface area contributed by atoms with Crippen LogP contribution in [0.4, 0.5) is 5.82 Å². The third kappa shape index (κ3) is 2.95. The fourth-order valence-corrected chi connectivity index (χ4v) is 3.43. The van der Waals surface area contributed by atoms with Crippen LogP contribution in [0.25, 0.3) is 0 Å². The van der Waals surface area contributed by atoms with Crippen molar-refractivity contribution in [1.29, 1.82) is 0 Å². The molecule has 4 rings (SSSR count). The predicted molar refractivity (Wildman–Crippen MR) is 94.8 cm³/mol. The summed E-state index contributed by atoms with van der Waals surface area (Å²) in [6.07, 6.45) is 10.5. The third-order valence-corrected chi connectivity index (χ3v) is 4.69. The number of nitrogens with zero attached hydrogens (tertiary/aromatic N) is 3. The molecular weight excluding hydrogens is 300 g/mol. The highest BCUT2D eigenvalue weighted by Crippen LogP contribution is 2.29. The highest BCUT2D eigenvalue weighted by molar-refractivity contribution is 5.49. The van der Waals surface area contributed by atoms with E-state index in [0.717, 1.165) is 18.1 Å². The van der Waals surface area contributed by atoms with E-state index in [1.165, 1.54) is 18.4 Å². The zero-order valence-corrected chi connectivity index (χ0v) is 13.8. The molecule has 5 nitrogen and oxygen atoms in total. The molecule has 1 saturated heterocycles. The van der Waals surface area contributed by atoms with E-state index in [4.69, 9.17) is 4.74 Å². The first-order valence-electron chi connectivity index (χ1n) is 8.41. The van der Waals surface area contributed by atoms with E-state index < -0.39 is 0 Å². The molecule has 0 saturated carbocycles. The summed E-state index contributed by atoms with van der Waals surface area (Å²) in [4.78, 5) is 4.53. The van der Waals surface area contributed by atoms with Crippen LogP contribution < -0.4 is 9.64 Å². The lowest BCUT2D eigenvalue weighted by Crippen LogP contribution is -2.38. The molecule has 0 radical (unpaired) electrons. The number of hydrogen-bond acceptors (Lipinski definition) is 4. The molecule has 2 aliphatic rings. The number of aromatic amines is 1. The Morgan fingerprint density at radius 3 is 2.79 bits per heavy atom. The number of anilines is 1. The molecular formula is C19H22N4O. The van der Waals surface area contributed by atoms with Gasteiger partial charge >= 0.3 is 0 Å². The molecule has 1 fully saturated rings. The Hall–Kier alpha value is -2.53. The average Bonchev–Trinajstić information content (AvgIpc) is 3.28. The van der Waals surface area contributed by atoms with Crippen LogP contribution in [0, 0.1) is 0 Å². The van der Waals surface area contributed by atoms with E-state index in [-0.39, 0.29) is 6.23 Å². The number of para-hydroxylation sites is 1. The molecule has 1 aromatic heterocycles. The lowest BCUT2D eigenvalue weighted by atomic mass is 10.0. The quantitative estimate of drug-likeness (QED) is 0.939. The van der Waals surface area contributed by atoms with E-state index in [2.05, 4.69) is 45.4 Å². The largest absolute Gasteiger partial charge is 0.467 e. The normalized spacial score (nSPS) is 24.2. The van der Waals surface area contributed by atoms with E-state index in [1.807, 2.05) is 36.4 Å². The fourth-order valence-electron chi connectivity index (χ4n) is 3.43. The van der Waals surface area contributed by atoms with E-state index >= 15 is 0 Å². The molecule has 3 heterocycles. The monoisotopic (exact) mass is 322 g/mol. The van der Waals surface area contributed by atoms with Gasteiger partial charge in [-0.15, -0.1) is 0 Å². The minimum Gasteiger partial charge on any atom is -0.467 e. The fraction of sp³-hybridized carbons (Fsp3) is 0.316. The van der Waals surface area contributed by atoms with Crippen LogP contribution in [0.5, 0.6) is 5.75 Å². The van der Waals surface area contributed by atoms with E-state index in [9.17, 15) is 0 Å². The van der Waals surface area contributed by atoms with Crippen molar-refractivity contribution in [3.05, 3.63) is 66.5 Å². The summed E-state index contributed by atoms with van der Waals surface area (Å²) in [5.41, 5.74) is 1.32. The standard InChI is InChI=1S/C19H22N4O/c1-22-13-5-8-17(22)15-9-10-19(24-16-6-3-2-4-7-16)23(14-15)18-11-12-20-21-18/h2-4,6-7,9-12,14,17,19H,5,8,13H2,1H3,(H,20,21). The maximum absolute atomic E-state index is 6.16. The van der Waals surface area contributed by atoms with Crippen LogP contribution in [0.3, 0.4) is 0 Å². The van der Waals surface area contributed by atoms with Crippen LogP contribution in [-0.4, -0.2) is 41.0 Å². The van der Waals surface area contributed by atoms with Gasteiger partial charge in [-0.05, 0) is 50.2 Å². The average molecular weight is 322 g/mol. The maximum atomic E-state index is 6.16. The number of likely N-dealkylation sites (N-methyl/N-ethyl adjacent to an activating group) is 1. The lowest BCUT2D eigenvalue weighted by Gasteiger charge is -2.33. The Labute approximate surface area is 142 Å². The number of ether oxygens (including phenoxy) is 1. The Morgan fingerprint density at radius 2 is 2.08 bits per heavy atom. The van der Waals surface area contributed by atoms with Gasteiger partial charge in [0.25, 0.3) is 0 Å². The maximum Gasteiger partial charge on any atom is 0.197 e. The summed E-state index contributed by atoms with van der Waals surface area (Å²) in [6.45, 7) is 1.16. The van der Waals surface area contributed by atoms with Crippen LogP contribution in [0.15, 0.2) is 66.5 Å². The van der Waals surface area contributed by atoms with Crippen molar-refractivity contribution in [3.63, 3.8) is 0 Å². The molecule has 1 aromatic carbocycles. The van der Waals surface area contributed by atoms with Gasteiger partial charge < -0.3 is 4.74 Å². The summed E-state index contributed by atoms with van der Waals surface area (Å²) in [6, 6.07) is 12.3. The summed E-state index contributed by atoms with van der Waals surface area (Å²) in [5, 5.41) is 7.14. The Kier molecular flexibility index (Phi) is 4.09. The van der Waals surface area contributed by atoms with Crippen molar-refractivity contribution >= 4 is 5.82 Å². The van der Waals surface area contributed by atoms with Crippen molar-refractivity contribution < 1.29 is 4.74 Å². The second kappa shape index (κ2) is 6.53. The molecule has 2 aromatic rings. The van der Waals surface area contributed by atoms with Crippen molar-refractivity contribution in [2.45, 2.75) is 25.1 Å². The van der Waals surface area contributed by atoms with E-state index in [1.54, 1.807) is 6.20 Å². The van der Waals surface area contributed by atoms with Crippen LogP contribution in [0.2, 0.25) is 0 Å². The second-order valence-electron chi connectivity index (χ2n) is 6.30. The zero-order valence-electron chi connectivity index (χ0n) is 13.8. The zero-order chi connectivity index (χ0) is 16.4. The number of nitrogens with one attached hydrogen (secondary N) is 1. The summed E-state index contributed by atoms with van der Waals surface area (Å²) < 4.78 is 6.16.